The summed E-state index contributed by atoms with van der Waals surface area (Å²) in [7, 11) is 0. The minimum absolute atomic E-state index is 0.302. The van der Waals surface area contributed by atoms with Crippen molar-refractivity contribution in [2.75, 3.05) is 0 Å². The molecule has 0 atom stereocenters. The number of nitrogens with zero attached hydrogens (tertiary/aromatic N) is 1. The first kappa shape index (κ1) is 13.2. The van der Waals surface area contributed by atoms with E-state index in [1.807, 2.05) is 24.3 Å². The summed E-state index contributed by atoms with van der Waals surface area (Å²) in [6.07, 6.45) is 2.12. The van der Waals surface area contributed by atoms with Gasteiger partial charge in [-0.05, 0) is 42.6 Å². The standard InChI is InChI=1S/C16H13N3O2S/c20-14-11-5-1-3-9-4-2-6-12(13(9)11)15(21)19(14)18-16(22)17-10-7-8-10/h1-6,10H,7-8H2,(H2,17,18,22). The zero-order valence-corrected chi connectivity index (χ0v) is 12.4. The van der Waals surface area contributed by atoms with Crippen molar-refractivity contribution in [1.82, 2.24) is 15.8 Å². The van der Waals surface area contributed by atoms with Crippen molar-refractivity contribution in [2.24, 2.45) is 0 Å². The zero-order valence-electron chi connectivity index (χ0n) is 11.6. The van der Waals surface area contributed by atoms with Crippen LogP contribution in [0.25, 0.3) is 10.8 Å². The molecule has 1 aliphatic heterocycles. The van der Waals surface area contributed by atoms with Gasteiger partial charge in [-0.2, -0.15) is 5.01 Å². The van der Waals surface area contributed by atoms with Crippen molar-refractivity contribution in [3.8, 4) is 0 Å². The first-order valence-electron chi connectivity index (χ1n) is 7.13. The van der Waals surface area contributed by atoms with E-state index in [-0.39, 0.29) is 11.8 Å². The Bertz CT molecular complexity index is 779. The Labute approximate surface area is 132 Å². The van der Waals surface area contributed by atoms with E-state index >= 15 is 0 Å². The first-order chi connectivity index (χ1) is 10.6. The molecular formula is C16H13N3O2S. The molecular weight excluding hydrogens is 298 g/mol. The summed E-state index contributed by atoms with van der Waals surface area (Å²) < 4.78 is 0. The molecule has 2 aromatic carbocycles. The highest BCUT2D eigenvalue weighted by Crippen LogP contribution is 2.29. The van der Waals surface area contributed by atoms with Gasteiger partial charge in [-0.25, -0.2) is 0 Å². The molecule has 0 aromatic heterocycles. The number of amides is 2. The third-order valence-corrected chi connectivity index (χ3v) is 4.11. The summed E-state index contributed by atoms with van der Waals surface area (Å²) in [5.41, 5.74) is 3.75. The fourth-order valence-corrected chi connectivity index (χ4v) is 2.94. The summed E-state index contributed by atoms with van der Waals surface area (Å²) in [6.45, 7) is 0. The fourth-order valence-electron chi connectivity index (χ4n) is 2.68. The number of imide groups is 1. The molecule has 0 spiro atoms. The Balaban J connectivity index is 1.73. The molecule has 2 amide bonds. The van der Waals surface area contributed by atoms with Crippen LogP contribution >= 0.6 is 12.2 Å². The monoisotopic (exact) mass is 311 g/mol. The second kappa shape index (κ2) is 4.78. The molecule has 4 rings (SSSR count). The van der Waals surface area contributed by atoms with E-state index in [9.17, 15) is 9.59 Å². The van der Waals surface area contributed by atoms with Crippen molar-refractivity contribution in [3.05, 3.63) is 47.5 Å². The average molecular weight is 311 g/mol. The molecule has 22 heavy (non-hydrogen) atoms. The molecule has 1 aliphatic carbocycles. The van der Waals surface area contributed by atoms with Crippen LogP contribution < -0.4 is 10.7 Å². The van der Waals surface area contributed by atoms with Crippen LogP contribution in [-0.4, -0.2) is 28.0 Å². The molecule has 6 heteroatoms. The highest BCUT2D eigenvalue weighted by Gasteiger charge is 2.34. The van der Waals surface area contributed by atoms with Crippen LogP contribution in [0.5, 0.6) is 0 Å². The predicted octanol–water partition coefficient (Wildman–Crippen LogP) is 1.98. The number of hydrazine groups is 1. The lowest BCUT2D eigenvalue weighted by atomic mass is 9.95. The van der Waals surface area contributed by atoms with Crippen molar-refractivity contribution in [3.63, 3.8) is 0 Å². The van der Waals surface area contributed by atoms with E-state index in [0.717, 1.165) is 23.2 Å². The lowest BCUT2D eigenvalue weighted by Gasteiger charge is -2.28. The van der Waals surface area contributed by atoms with Gasteiger partial charge in [0.05, 0.1) is 11.1 Å². The van der Waals surface area contributed by atoms with Crippen LogP contribution in [-0.2, 0) is 0 Å². The number of benzene rings is 2. The molecule has 1 heterocycles. The second-order valence-electron chi connectivity index (χ2n) is 5.51. The number of carbonyl (C=O) groups is 2. The maximum absolute atomic E-state index is 12.6. The maximum Gasteiger partial charge on any atom is 0.280 e. The summed E-state index contributed by atoms with van der Waals surface area (Å²) in [4.78, 5) is 25.2. The number of thiocarbonyl (C=S) groups is 1. The van der Waals surface area contributed by atoms with E-state index in [2.05, 4.69) is 10.7 Å². The number of hydrogen-bond donors (Lipinski definition) is 2. The van der Waals surface area contributed by atoms with E-state index < -0.39 is 0 Å². The van der Waals surface area contributed by atoms with Crippen molar-refractivity contribution in [2.45, 2.75) is 18.9 Å². The molecule has 1 fully saturated rings. The van der Waals surface area contributed by atoms with E-state index in [0.29, 0.717) is 27.7 Å². The smallest absolute Gasteiger partial charge is 0.280 e. The Kier molecular flexibility index (Phi) is 2.87. The van der Waals surface area contributed by atoms with Crippen LogP contribution in [0.2, 0.25) is 0 Å². The van der Waals surface area contributed by atoms with Gasteiger partial charge in [0.15, 0.2) is 5.11 Å². The van der Waals surface area contributed by atoms with Crippen LogP contribution in [0.3, 0.4) is 0 Å². The number of carbonyl (C=O) groups excluding carboxylic acids is 2. The van der Waals surface area contributed by atoms with Gasteiger partial charge in [-0.1, -0.05) is 24.3 Å². The summed E-state index contributed by atoms with van der Waals surface area (Å²) in [5.74, 6) is -0.761. The third kappa shape index (κ3) is 2.03. The lowest BCUT2D eigenvalue weighted by molar-refractivity contribution is 0.0566. The van der Waals surface area contributed by atoms with Gasteiger partial charge < -0.3 is 5.32 Å². The van der Waals surface area contributed by atoms with Crippen LogP contribution in [0.4, 0.5) is 0 Å². The van der Waals surface area contributed by atoms with Gasteiger partial charge in [-0.15, -0.1) is 0 Å². The lowest BCUT2D eigenvalue weighted by Crippen LogP contribution is -2.54. The van der Waals surface area contributed by atoms with E-state index in [4.69, 9.17) is 12.2 Å². The van der Waals surface area contributed by atoms with Gasteiger partial charge in [0.25, 0.3) is 11.8 Å². The molecule has 0 bridgehead atoms. The number of rotatable bonds is 2. The third-order valence-electron chi connectivity index (χ3n) is 3.90. The van der Waals surface area contributed by atoms with Gasteiger partial charge in [0.1, 0.15) is 0 Å². The van der Waals surface area contributed by atoms with Gasteiger partial charge in [0, 0.05) is 11.4 Å². The molecule has 1 saturated carbocycles. The summed E-state index contributed by atoms with van der Waals surface area (Å²) in [6, 6.07) is 11.2. The maximum atomic E-state index is 12.6. The topological polar surface area (TPSA) is 61.4 Å². The molecule has 2 aliphatic rings. The summed E-state index contributed by atoms with van der Waals surface area (Å²) >= 11 is 5.17. The molecule has 0 unspecified atom stereocenters. The van der Waals surface area contributed by atoms with E-state index in [1.165, 1.54) is 0 Å². The highest BCUT2D eigenvalue weighted by molar-refractivity contribution is 7.80. The minimum atomic E-state index is -0.380. The molecule has 2 aromatic rings. The minimum Gasteiger partial charge on any atom is -0.359 e. The van der Waals surface area contributed by atoms with Crippen molar-refractivity contribution in [1.29, 1.82) is 0 Å². The number of nitrogens with one attached hydrogen (secondary N) is 2. The van der Waals surface area contributed by atoms with Gasteiger partial charge in [-0.3, -0.25) is 15.0 Å². The normalized spacial score (nSPS) is 16.8. The first-order valence-corrected chi connectivity index (χ1v) is 7.53. The zero-order chi connectivity index (χ0) is 15.3. The number of hydrogen-bond acceptors (Lipinski definition) is 3. The Morgan fingerprint density at radius 3 is 2.18 bits per heavy atom. The van der Waals surface area contributed by atoms with Crippen molar-refractivity contribution < 1.29 is 9.59 Å². The molecule has 5 nitrogen and oxygen atoms in total. The predicted molar refractivity (Wildman–Crippen MR) is 86.3 cm³/mol. The highest BCUT2D eigenvalue weighted by atomic mass is 32.1. The van der Waals surface area contributed by atoms with Crippen molar-refractivity contribution >= 4 is 39.9 Å². The quantitative estimate of drug-likeness (QED) is 0.656. The average Bonchev–Trinajstić information content (AvgIpc) is 3.33. The Morgan fingerprint density at radius 1 is 1.05 bits per heavy atom. The van der Waals surface area contributed by atoms with Gasteiger partial charge >= 0.3 is 0 Å². The second-order valence-corrected chi connectivity index (χ2v) is 5.92. The summed E-state index contributed by atoms with van der Waals surface area (Å²) in [5, 5.41) is 5.95. The molecule has 110 valence electrons. The fraction of sp³-hybridized carbons (Fsp3) is 0.188. The molecule has 2 N–H and O–H groups in total. The molecule has 0 saturated heterocycles. The Hall–Kier alpha value is -2.47. The van der Waals surface area contributed by atoms with Crippen LogP contribution in [0.1, 0.15) is 33.6 Å². The van der Waals surface area contributed by atoms with Crippen LogP contribution in [0, 0.1) is 0 Å². The largest absolute Gasteiger partial charge is 0.359 e. The van der Waals surface area contributed by atoms with E-state index in [1.54, 1.807) is 12.1 Å². The molecule has 0 radical (unpaired) electrons. The van der Waals surface area contributed by atoms with Crippen LogP contribution in [0.15, 0.2) is 36.4 Å². The SMILES string of the molecule is O=C1c2cccc3cccc(c23)C(=O)N1NC(=S)NC1CC1. The Morgan fingerprint density at radius 2 is 1.64 bits per heavy atom. The van der Waals surface area contributed by atoms with Gasteiger partial charge in [0.2, 0.25) is 0 Å².